The van der Waals surface area contributed by atoms with Gasteiger partial charge < -0.3 is 10.0 Å². The lowest BCUT2D eigenvalue weighted by Crippen LogP contribution is -2.20. The number of hydrogen-bond donors (Lipinski definition) is 1. The first-order chi connectivity index (χ1) is 9.11. The number of carboxylic acid groups (broad SMARTS) is 1. The Bertz CT molecular complexity index is 560. The fourth-order valence-electron chi connectivity index (χ4n) is 2.26. The molecular weight excluding hydrogens is 244 g/mol. The van der Waals surface area contributed by atoms with Crippen LogP contribution in [0, 0.1) is 11.3 Å². The van der Waals surface area contributed by atoms with Crippen LogP contribution >= 0.6 is 0 Å². The van der Waals surface area contributed by atoms with Crippen molar-refractivity contribution in [1.82, 2.24) is 0 Å². The van der Waals surface area contributed by atoms with E-state index >= 15 is 0 Å². The highest BCUT2D eigenvalue weighted by atomic mass is 16.4. The maximum absolute atomic E-state index is 11.8. The number of fused-ring (bicyclic) bond motifs is 1. The molecule has 0 radical (unpaired) electrons. The molecule has 0 aliphatic carbocycles. The predicted molar refractivity (Wildman–Crippen MR) is 69.2 cm³/mol. The second-order valence-electron chi connectivity index (χ2n) is 4.49. The Kier molecular flexibility index (Phi) is 3.81. The second kappa shape index (κ2) is 5.53. The molecule has 98 valence electrons. The minimum absolute atomic E-state index is 0.0238. The number of carboxylic acids is 1. The average molecular weight is 258 g/mol. The maximum Gasteiger partial charge on any atom is 0.303 e. The van der Waals surface area contributed by atoms with Gasteiger partial charge in [0, 0.05) is 24.2 Å². The molecule has 5 heteroatoms. The van der Waals surface area contributed by atoms with Crippen LogP contribution in [0.4, 0.5) is 5.69 Å². The summed E-state index contributed by atoms with van der Waals surface area (Å²) in [5, 5.41) is 17.3. The van der Waals surface area contributed by atoms with Crippen LogP contribution in [0.15, 0.2) is 18.2 Å². The number of Topliss-reactive ketones (excluding diaryl/α,β-unsaturated/α-hetero) is 1. The number of carbonyl (C=O) groups is 2. The molecule has 0 spiro atoms. The van der Waals surface area contributed by atoms with Crippen molar-refractivity contribution in [3.05, 3.63) is 29.3 Å². The van der Waals surface area contributed by atoms with Gasteiger partial charge in [-0.25, -0.2) is 0 Å². The van der Waals surface area contributed by atoms with E-state index < -0.39 is 5.97 Å². The Labute approximate surface area is 111 Å². The van der Waals surface area contributed by atoms with E-state index in [9.17, 15) is 9.59 Å². The van der Waals surface area contributed by atoms with Crippen molar-refractivity contribution in [2.75, 3.05) is 18.0 Å². The Hall–Kier alpha value is -2.35. The zero-order valence-corrected chi connectivity index (χ0v) is 10.4. The van der Waals surface area contributed by atoms with Gasteiger partial charge in [0.25, 0.3) is 0 Å². The van der Waals surface area contributed by atoms with Gasteiger partial charge >= 0.3 is 5.97 Å². The molecule has 1 aliphatic heterocycles. The third-order valence-electron chi connectivity index (χ3n) is 3.22. The summed E-state index contributed by atoms with van der Waals surface area (Å²) in [5.41, 5.74) is 2.60. The van der Waals surface area contributed by atoms with Crippen LogP contribution in [0.25, 0.3) is 0 Å². The van der Waals surface area contributed by atoms with Crippen LogP contribution in [-0.4, -0.2) is 29.9 Å². The Balaban J connectivity index is 2.12. The van der Waals surface area contributed by atoms with Crippen LogP contribution in [0.3, 0.4) is 0 Å². The van der Waals surface area contributed by atoms with Gasteiger partial charge in [-0.15, -0.1) is 0 Å². The minimum Gasteiger partial charge on any atom is -0.481 e. The number of nitrogens with zero attached hydrogens (tertiary/aromatic N) is 2. The van der Waals surface area contributed by atoms with Gasteiger partial charge in [0.05, 0.1) is 12.5 Å². The van der Waals surface area contributed by atoms with Gasteiger partial charge in [0.15, 0.2) is 5.78 Å². The predicted octanol–water partition coefficient (Wildman–Crippen LogP) is 1.62. The third kappa shape index (κ3) is 2.91. The first-order valence-electron chi connectivity index (χ1n) is 6.11. The fraction of sp³-hybridized carbons (Fsp3) is 0.357. The second-order valence-corrected chi connectivity index (χ2v) is 4.49. The van der Waals surface area contributed by atoms with E-state index in [-0.39, 0.29) is 18.6 Å². The molecule has 0 unspecified atom stereocenters. The molecule has 1 aliphatic rings. The number of anilines is 1. The van der Waals surface area contributed by atoms with Crippen molar-refractivity contribution in [3.63, 3.8) is 0 Å². The van der Waals surface area contributed by atoms with E-state index in [4.69, 9.17) is 10.4 Å². The van der Waals surface area contributed by atoms with Crippen LogP contribution < -0.4 is 4.90 Å². The number of aliphatic carboxylic acids is 1. The van der Waals surface area contributed by atoms with Crippen molar-refractivity contribution in [2.45, 2.75) is 19.3 Å². The maximum atomic E-state index is 11.8. The van der Waals surface area contributed by atoms with Gasteiger partial charge in [0.2, 0.25) is 0 Å². The summed E-state index contributed by atoms with van der Waals surface area (Å²) >= 11 is 0. The normalized spacial score (nSPS) is 12.9. The largest absolute Gasteiger partial charge is 0.481 e. The summed E-state index contributed by atoms with van der Waals surface area (Å²) in [4.78, 5) is 24.2. The Morgan fingerprint density at radius 2 is 2.16 bits per heavy atom. The molecule has 1 aromatic rings. The van der Waals surface area contributed by atoms with E-state index in [1.165, 1.54) is 0 Å². The minimum atomic E-state index is -0.963. The van der Waals surface area contributed by atoms with Gasteiger partial charge in [0.1, 0.15) is 6.54 Å². The van der Waals surface area contributed by atoms with Crippen molar-refractivity contribution < 1.29 is 14.7 Å². The molecule has 0 bridgehead atoms. The fourth-order valence-corrected chi connectivity index (χ4v) is 2.26. The highest BCUT2D eigenvalue weighted by Crippen LogP contribution is 2.28. The SMILES string of the molecule is N#CCN1CCc2cc(C(=O)CCC(=O)O)ccc21. The van der Waals surface area contributed by atoms with Crippen molar-refractivity contribution in [2.24, 2.45) is 0 Å². The van der Waals surface area contributed by atoms with Crippen LogP contribution in [0.2, 0.25) is 0 Å². The molecule has 1 aromatic carbocycles. The zero-order chi connectivity index (χ0) is 13.8. The average Bonchev–Trinajstić information content (AvgIpc) is 2.79. The first kappa shape index (κ1) is 13.1. The van der Waals surface area contributed by atoms with Gasteiger partial charge in [-0.05, 0) is 30.2 Å². The summed E-state index contributed by atoms with van der Waals surface area (Å²) in [6.45, 7) is 1.13. The van der Waals surface area contributed by atoms with E-state index in [2.05, 4.69) is 6.07 Å². The molecule has 19 heavy (non-hydrogen) atoms. The smallest absolute Gasteiger partial charge is 0.303 e. The molecular formula is C14H14N2O3. The van der Waals surface area contributed by atoms with E-state index in [0.29, 0.717) is 12.1 Å². The summed E-state index contributed by atoms with van der Waals surface area (Å²) in [7, 11) is 0. The monoisotopic (exact) mass is 258 g/mol. The van der Waals surface area contributed by atoms with Crippen molar-refractivity contribution in [1.29, 1.82) is 5.26 Å². The molecule has 0 fully saturated rings. The molecule has 1 heterocycles. The first-order valence-corrected chi connectivity index (χ1v) is 6.11. The molecule has 0 amide bonds. The van der Waals surface area contributed by atoms with E-state index in [0.717, 1.165) is 24.2 Å². The highest BCUT2D eigenvalue weighted by molar-refractivity contribution is 5.98. The van der Waals surface area contributed by atoms with Gasteiger partial charge in [-0.3, -0.25) is 9.59 Å². The number of carbonyl (C=O) groups excluding carboxylic acids is 1. The van der Waals surface area contributed by atoms with Crippen LogP contribution in [-0.2, 0) is 11.2 Å². The Morgan fingerprint density at radius 1 is 1.37 bits per heavy atom. The van der Waals surface area contributed by atoms with Crippen molar-refractivity contribution in [3.8, 4) is 6.07 Å². The van der Waals surface area contributed by atoms with E-state index in [1.54, 1.807) is 6.07 Å². The molecule has 0 saturated carbocycles. The van der Waals surface area contributed by atoms with Crippen LogP contribution in [0.5, 0.6) is 0 Å². The van der Waals surface area contributed by atoms with Crippen molar-refractivity contribution >= 4 is 17.4 Å². The summed E-state index contributed by atoms with van der Waals surface area (Å²) < 4.78 is 0. The quantitative estimate of drug-likeness (QED) is 0.641. The lowest BCUT2D eigenvalue weighted by molar-refractivity contribution is -0.136. The lowest BCUT2D eigenvalue weighted by Gasteiger charge is -2.14. The highest BCUT2D eigenvalue weighted by Gasteiger charge is 2.20. The zero-order valence-electron chi connectivity index (χ0n) is 10.4. The lowest BCUT2D eigenvalue weighted by atomic mass is 10.0. The molecule has 0 saturated heterocycles. The standard InChI is InChI=1S/C14H14N2O3/c15-6-8-16-7-5-10-9-11(1-2-12(10)16)13(17)3-4-14(18)19/h1-2,9H,3-5,7-8H2,(H,18,19). The number of nitriles is 1. The molecule has 5 nitrogen and oxygen atoms in total. The molecule has 2 rings (SSSR count). The molecule has 0 atom stereocenters. The Morgan fingerprint density at radius 3 is 2.84 bits per heavy atom. The summed E-state index contributed by atoms with van der Waals surface area (Å²) in [6, 6.07) is 7.48. The van der Waals surface area contributed by atoms with Crippen LogP contribution in [0.1, 0.15) is 28.8 Å². The van der Waals surface area contributed by atoms with Gasteiger partial charge in [-0.1, -0.05) is 0 Å². The number of hydrogen-bond acceptors (Lipinski definition) is 4. The van der Waals surface area contributed by atoms with E-state index in [1.807, 2.05) is 17.0 Å². The number of ketones is 1. The number of rotatable bonds is 5. The third-order valence-corrected chi connectivity index (χ3v) is 3.22. The summed E-state index contributed by atoms with van der Waals surface area (Å²) in [6.07, 6.45) is 0.698. The summed E-state index contributed by atoms with van der Waals surface area (Å²) in [5.74, 6) is -1.11. The molecule has 1 N–H and O–H groups in total. The van der Waals surface area contributed by atoms with Gasteiger partial charge in [-0.2, -0.15) is 5.26 Å². The molecule has 0 aromatic heterocycles. The number of benzene rings is 1. The topological polar surface area (TPSA) is 81.4 Å².